The summed E-state index contributed by atoms with van der Waals surface area (Å²) < 4.78 is 1.90. The minimum Gasteiger partial charge on any atom is -0.396 e. The van der Waals surface area contributed by atoms with Crippen LogP contribution in [0.4, 0.5) is 5.69 Å². The van der Waals surface area contributed by atoms with Gasteiger partial charge in [0.2, 0.25) is 0 Å². The normalized spacial score (nSPS) is 18.7. The van der Waals surface area contributed by atoms with Gasteiger partial charge in [0.05, 0.1) is 17.9 Å². The summed E-state index contributed by atoms with van der Waals surface area (Å²) in [6, 6.07) is 2.18. The molecule has 5 heteroatoms. The molecule has 0 saturated heterocycles. The third kappa shape index (κ3) is 1.46. The zero-order valence-electron chi connectivity index (χ0n) is 8.60. The van der Waals surface area contributed by atoms with Gasteiger partial charge in [0.15, 0.2) is 0 Å². The molecule has 4 nitrogen and oxygen atoms in total. The Morgan fingerprint density at radius 1 is 1.44 bits per heavy atom. The number of aromatic nitrogens is 3. The number of pyridine rings is 1. The van der Waals surface area contributed by atoms with Gasteiger partial charge in [0.1, 0.15) is 5.15 Å². The van der Waals surface area contributed by atoms with Crippen LogP contribution in [0.2, 0.25) is 5.15 Å². The van der Waals surface area contributed by atoms with Gasteiger partial charge >= 0.3 is 0 Å². The molecular formula is C11H11ClN4. The minimum absolute atomic E-state index is 0.247. The Morgan fingerprint density at radius 2 is 2.31 bits per heavy atom. The fourth-order valence-electron chi connectivity index (χ4n) is 2.24. The van der Waals surface area contributed by atoms with Gasteiger partial charge in [-0.15, -0.1) is 0 Å². The van der Waals surface area contributed by atoms with Crippen molar-refractivity contribution in [3.05, 3.63) is 40.9 Å². The summed E-state index contributed by atoms with van der Waals surface area (Å²) in [6.07, 6.45) is 7.41. The van der Waals surface area contributed by atoms with E-state index in [-0.39, 0.29) is 6.04 Å². The van der Waals surface area contributed by atoms with Crippen molar-refractivity contribution < 1.29 is 0 Å². The third-order valence-corrected chi connectivity index (χ3v) is 3.18. The third-order valence-electron chi connectivity index (χ3n) is 2.98. The number of nitrogens with zero attached hydrogens (tertiary/aromatic N) is 3. The van der Waals surface area contributed by atoms with E-state index in [0.717, 1.165) is 12.8 Å². The van der Waals surface area contributed by atoms with E-state index in [0.29, 0.717) is 10.8 Å². The van der Waals surface area contributed by atoms with E-state index in [1.54, 1.807) is 6.20 Å². The lowest BCUT2D eigenvalue weighted by Crippen LogP contribution is -2.07. The highest BCUT2D eigenvalue weighted by Gasteiger charge is 2.25. The highest BCUT2D eigenvalue weighted by Crippen LogP contribution is 2.34. The van der Waals surface area contributed by atoms with Crippen molar-refractivity contribution in [3.63, 3.8) is 0 Å². The van der Waals surface area contributed by atoms with Crippen LogP contribution >= 0.6 is 11.6 Å². The molecule has 0 saturated carbocycles. The zero-order chi connectivity index (χ0) is 11.1. The van der Waals surface area contributed by atoms with Crippen LogP contribution in [0.3, 0.4) is 0 Å². The fourth-order valence-corrected chi connectivity index (χ4v) is 2.42. The van der Waals surface area contributed by atoms with Crippen LogP contribution < -0.4 is 5.73 Å². The van der Waals surface area contributed by atoms with Crippen LogP contribution in [-0.2, 0) is 6.42 Å². The first-order chi connectivity index (χ1) is 7.74. The highest BCUT2D eigenvalue weighted by molar-refractivity contribution is 6.29. The zero-order valence-corrected chi connectivity index (χ0v) is 9.35. The average molecular weight is 235 g/mol. The van der Waals surface area contributed by atoms with Gasteiger partial charge in [-0.1, -0.05) is 11.6 Å². The van der Waals surface area contributed by atoms with Crippen LogP contribution in [0.25, 0.3) is 0 Å². The van der Waals surface area contributed by atoms with E-state index in [4.69, 9.17) is 17.3 Å². The Bertz CT molecular complexity index is 535. The molecule has 1 unspecified atom stereocenters. The number of rotatable bonds is 1. The van der Waals surface area contributed by atoms with Crippen molar-refractivity contribution in [3.8, 4) is 0 Å². The second-order valence-electron chi connectivity index (χ2n) is 4.01. The van der Waals surface area contributed by atoms with Crippen molar-refractivity contribution in [2.45, 2.75) is 18.9 Å². The molecule has 0 aliphatic heterocycles. The monoisotopic (exact) mass is 234 g/mol. The van der Waals surface area contributed by atoms with Gasteiger partial charge in [-0.05, 0) is 30.0 Å². The molecule has 2 aromatic rings. The second-order valence-corrected chi connectivity index (χ2v) is 4.40. The maximum atomic E-state index is 5.87. The predicted molar refractivity (Wildman–Crippen MR) is 62.3 cm³/mol. The summed E-state index contributed by atoms with van der Waals surface area (Å²) in [4.78, 5) is 4.13. The molecule has 2 aromatic heterocycles. The van der Waals surface area contributed by atoms with Gasteiger partial charge in [-0.2, -0.15) is 5.10 Å². The van der Waals surface area contributed by atoms with Crippen molar-refractivity contribution in [2.75, 3.05) is 5.73 Å². The first-order valence-corrected chi connectivity index (χ1v) is 5.56. The molecule has 1 aliphatic rings. The van der Waals surface area contributed by atoms with Gasteiger partial charge in [0.25, 0.3) is 0 Å². The number of nitrogens with two attached hydrogens (primary N) is 1. The molecule has 0 amide bonds. The number of hydrogen-bond donors (Lipinski definition) is 1. The number of halogens is 1. The van der Waals surface area contributed by atoms with E-state index in [9.17, 15) is 0 Å². The molecule has 0 fully saturated rings. The molecule has 0 bridgehead atoms. The SMILES string of the molecule is Nc1cnn(C2CCc3cc(Cl)ncc32)c1. The van der Waals surface area contributed by atoms with Gasteiger partial charge in [0, 0.05) is 12.4 Å². The summed E-state index contributed by atoms with van der Waals surface area (Å²) in [6.45, 7) is 0. The minimum atomic E-state index is 0.247. The average Bonchev–Trinajstić information content (AvgIpc) is 2.83. The smallest absolute Gasteiger partial charge is 0.129 e. The molecule has 1 atom stereocenters. The summed E-state index contributed by atoms with van der Waals surface area (Å²) in [7, 11) is 0. The quantitative estimate of drug-likeness (QED) is 0.769. The molecule has 0 spiro atoms. The fraction of sp³-hybridized carbons (Fsp3) is 0.273. The Morgan fingerprint density at radius 3 is 3.06 bits per heavy atom. The Hall–Kier alpha value is -1.55. The molecule has 2 heterocycles. The molecule has 2 N–H and O–H groups in total. The van der Waals surface area contributed by atoms with E-state index in [1.807, 2.05) is 23.1 Å². The van der Waals surface area contributed by atoms with Crippen molar-refractivity contribution in [1.29, 1.82) is 0 Å². The van der Waals surface area contributed by atoms with Crippen LogP contribution in [0.15, 0.2) is 24.7 Å². The van der Waals surface area contributed by atoms with Crippen LogP contribution in [0.5, 0.6) is 0 Å². The molecular weight excluding hydrogens is 224 g/mol. The van der Waals surface area contributed by atoms with Crippen LogP contribution in [-0.4, -0.2) is 14.8 Å². The Balaban J connectivity index is 2.03. The van der Waals surface area contributed by atoms with Crippen molar-refractivity contribution in [1.82, 2.24) is 14.8 Å². The second kappa shape index (κ2) is 3.49. The summed E-state index contributed by atoms with van der Waals surface area (Å²) in [5, 5.41) is 4.80. The van der Waals surface area contributed by atoms with E-state index in [1.165, 1.54) is 11.1 Å². The Labute approximate surface area is 98.0 Å². The molecule has 3 rings (SSSR count). The predicted octanol–water partition coefficient (Wildman–Crippen LogP) is 2.05. The molecule has 0 radical (unpaired) electrons. The van der Waals surface area contributed by atoms with Gasteiger partial charge in [-0.25, -0.2) is 4.98 Å². The van der Waals surface area contributed by atoms with E-state index in [2.05, 4.69) is 10.1 Å². The van der Waals surface area contributed by atoms with Crippen molar-refractivity contribution in [2.24, 2.45) is 0 Å². The maximum absolute atomic E-state index is 5.87. The van der Waals surface area contributed by atoms with E-state index < -0.39 is 0 Å². The lowest BCUT2D eigenvalue weighted by molar-refractivity contribution is 0.519. The number of anilines is 1. The molecule has 0 aromatic carbocycles. The topological polar surface area (TPSA) is 56.7 Å². The lowest BCUT2D eigenvalue weighted by atomic mass is 10.1. The van der Waals surface area contributed by atoms with E-state index >= 15 is 0 Å². The first kappa shape index (κ1) is 9.66. The first-order valence-electron chi connectivity index (χ1n) is 5.18. The van der Waals surface area contributed by atoms with Crippen molar-refractivity contribution >= 4 is 17.3 Å². The number of hydrogen-bond acceptors (Lipinski definition) is 3. The Kier molecular flexibility index (Phi) is 2.11. The summed E-state index contributed by atoms with van der Waals surface area (Å²) in [5.74, 6) is 0. The number of aryl methyl sites for hydroxylation is 1. The molecule has 82 valence electrons. The maximum Gasteiger partial charge on any atom is 0.129 e. The molecule has 16 heavy (non-hydrogen) atoms. The molecule has 1 aliphatic carbocycles. The van der Waals surface area contributed by atoms with Gasteiger partial charge < -0.3 is 5.73 Å². The van der Waals surface area contributed by atoms with Crippen LogP contribution in [0, 0.1) is 0 Å². The van der Waals surface area contributed by atoms with Crippen LogP contribution in [0.1, 0.15) is 23.6 Å². The summed E-state index contributed by atoms with van der Waals surface area (Å²) in [5.41, 5.74) is 8.82. The largest absolute Gasteiger partial charge is 0.396 e. The highest BCUT2D eigenvalue weighted by atomic mass is 35.5. The standard InChI is InChI=1S/C11H11ClN4/c12-11-3-7-1-2-10(9(7)5-14-11)16-6-8(13)4-15-16/h3-6,10H,1-2,13H2. The number of fused-ring (bicyclic) bond motifs is 1. The lowest BCUT2D eigenvalue weighted by Gasteiger charge is -2.11. The van der Waals surface area contributed by atoms with Gasteiger partial charge in [-0.3, -0.25) is 4.68 Å². The number of nitrogen functional groups attached to an aromatic ring is 1. The summed E-state index contributed by atoms with van der Waals surface area (Å²) >= 11 is 5.87.